The summed E-state index contributed by atoms with van der Waals surface area (Å²) in [6.45, 7) is 8.22. The van der Waals surface area contributed by atoms with Crippen molar-refractivity contribution < 1.29 is 32.9 Å². The van der Waals surface area contributed by atoms with Crippen molar-refractivity contribution in [2.24, 2.45) is 29.6 Å². The average molecular weight is 848 g/mol. The molecule has 61 heavy (non-hydrogen) atoms. The summed E-state index contributed by atoms with van der Waals surface area (Å²) in [5.74, 6) is -2.53. The fourth-order valence-electron chi connectivity index (χ4n) is 8.85. The molecular formula is C48H57N5O7S. The number of methoxy groups -OCH3 is 1. The Morgan fingerprint density at radius 1 is 0.918 bits per heavy atom. The van der Waals surface area contributed by atoms with Gasteiger partial charge in [-0.2, -0.15) is 0 Å². The SMILES string of the molecule is C=CC1C[C@]1(NC(=O)[C@@H]1C[C@@H](Oc2cc(-c3ccccc3)nc3cc(OC)ccc23)C[C@H]1C(=O)NC(C(=O)NCC1CCCCC1)C(C)C)C(=O)NS(=O)Cc1ccccc1. The second-order valence-corrected chi connectivity index (χ2v) is 18.3. The van der Waals surface area contributed by atoms with Gasteiger partial charge >= 0.3 is 0 Å². The minimum absolute atomic E-state index is 0.104. The third-order valence-electron chi connectivity index (χ3n) is 12.5. The third-order valence-corrected chi connectivity index (χ3v) is 13.5. The second kappa shape index (κ2) is 19.4. The van der Waals surface area contributed by atoms with E-state index in [0.29, 0.717) is 35.2 Å². The van der Waals surface area contributed by atoms with Crippen LogP contribution < -0.4 is 30.1 Å². The van der Waals surface area contributed by atoms with Crippen LogP contribution in [0.4, 0.5) is 0 Å². The van der Waals surface area contributed by atoms with E-state index in [1.54, 1.807) is 13.2 Å². The number of ether oxygens (including phenoxy) is 2. The molecule has 322 valence electrons. The van der Waals surface area contributed by atoms with Gasteiger partial charge in [-0.05, 0) is 61.6 Å². The molecule has 3 aliphatic carbocycles. The number of benzene rings is 3. The van der Waals surface area contributed by atoms with E-state index in [1.807, 2.05) is 98.8 Å². The lowest BCUT2D eigenvalue weighted by Gasteiger charge is -2.27. The molecule has 1 aromatic heterocycles. The quantitative estimate of drug-likeness (QED) is 0.0869. The maximum absolute atomic E-state index is 14.6. The Kier molecular flexibility index (Phi) is 13.9. The zero-order valence-electron chi connectivity index (χ0n) is 35.2. The van der Waals surface area contributed by atoms with Crippen molar-refractivity contribution in [2.75, 3.05) is 13.7 Å². The van der Waals surface area contributed by atoms with E-state index in [4.69, 9.17) is 14.5 Å². The lowest BCUT2D eigenvalue weighted by molar-refractivity contribution is -0.137. The van der Waals surface area contributed by atoms with Crippen LogP contribution in [0.15, 0.2) is 97.6 Å². The first-order valence-corrected chi connectivity index (χ1v) is 22.8. The second-order valence-electron chi connectivity index (χ2n) is 17.1. The van der Waals surface area contributed by atoms with Gasteiger partial charge in [0.2, 0.25) is 17.7 Å². The van der Waals surface area contributed by atoms with E-state index in [1.165, 1.54) is 6.42 Å². The number of carbonyl (C=O) groups is 4. The molecule has 3 aliphatic rings. The van der Waals surface area contributed by atoms with Crippen molar-refractivity contribution in [1.82, 2.24) is 25.7 Å². The zero-order valence-corrected chi connectivity index (χ0v) is 36.0. The summed E-state index contributed by atoms with van der Waals surface area (Å²) in [5.41, 5.74) is 1.63. The van der Waals surface area contributed by atoms with Crippen LogP contribution in [0.1, 0.15) is 70.8 Å². The molecular weight excluding hydrogens is 791 g/mol. The Morgan fingerprint density at radius 2 is 1.61 bits per heavy atom. The number of fused-ring (bicyclic) bond motifs is 1. The van der Waals surface area contributed by atoms with Crippen LogP contribution in [0.25, 0.3) is 22.2 Å². The minimum Gasteiger partial charge on any atom is -0.497 e. The lowest BCUT2D eigenvalue weighted by atomic mass is 9.89. The summed E-state index contributed by atoms with van der Waals surface area (Å²) in [7, 11) is -0.161. The van der Waals surface area contributed by atoms with Crippen molar-refractivity contribution in [2.45, 2.75) is 88.7 Å². The fourth-order valence-corrected chi connectivity index (χ4v) is 9.80. The lowest BCUT2D eigenvalue weighted by Crippen LogP contribution is -2.55. The minimum atomic E-state index is -1.75. The third kappa shape index (κ3) is 10.3. The van der Waals surface area contributed by atoms with Crippen LogP contribution >= 0.6 is 0 Å². The van der Waals surface area contributed by atoms with Gasteiger partial charge in [0, 0.05) is 35.5 Å². The number of hydrogen-bond acceptors (Lipinski definition) is 8. The standard InChI is InChI=1S/C48H57N5O7S/c1-5-34-27-48(34,47(57)53-61(58)29-32-17-11-7-12-18-32)52-45(55)39-24-36(23-38(39)44(54)51-43(30(2)3)46(56)49-28-31-15-9-6-10-16-31)60-42-26-40(33-19-13-8-14-20-33)50-41-25-35(59-4)21-22-37(41)42/h5,7-8,11-14,17-22,25-26,30-31,34,36,38-39,43H,1,6,9-10,15-16,23-24,27-29H2,2-4H3,(H,49,56)(H,51,54)(H,52,55)(H,53,57)/t34?,36-,38+,39+,43?,48+,61?/m0/s1. The smallest absolute Gasteiger partial charge is 0.258 e. The summed E-state index contributed by atoms with van der Waals surface area (Å²) in [6.07, 6.45) is 7.26. The number of aromatic nitrogens is 1. The average Bonchev–Trinajstić information content (AvgIpc) is 3.83. The van der Waals surface area contributed by atoms with Gasteiger partial charge in [-0.3, -0.25) is 23.9 Å². The number of hydrogen-bond donors (Lipinski definition) is 4. The van der Waals surface area contributed by atoms with Crippen LogP contribution in [-0.4, -0.2) is 64.2 Å². The van der Waals surface area contributed by atoms with E-state index in [0.717, 1.165) is 42.2 Å². The first-order chi connectivity index (χ1) is 29.5. The largest absolute Gasteiger partial charge is 0.497 e. The van der Waals surface area contributed by atoms with Gasteiger partial charge in [0.15, 0.2) is 0 Å². The Balaban J connectivity index is 1.14. The van der Waals surface area contributed by atoms with Crippen molar-refractivity contribution in [1.29, 1.82) is 0 Å². The normalized spacial score (nSPS) is 23.3. The first-order valence-electron chi connectivity index (χ1n) is 21.4. The molecule has 1 heterocycles. The van der Waals surface area contributed by atoms with Crippen molar-refractivity contribution >= 4 is 45.5 Å². The molecule has 3 aromatic carbocycles. The highest BCUT2D eigenvalue weighted by molar-refractivity contribution is 7.82. The molecule has 3 fully saturated rings. The van der Waals surface area contributed by atoms with Gasteiger partial charge in [-0.15, -0.1) is 6.58 Å². The number of pyridine rings is 1. The molecule has 0 spiro atoms. The number of nitrogens with one attached hydrogen (secondary N) is 4. The fraction of sp³-hybridized carbons (Fsp3) is 0.438. The highest BCUT2D eigenvalue weighted by atomic mass is 32.2. The van der Waals surface area contributed by atoms with Gasteiger partial charge < -0.3 is 25.4 Å². The molecule has 7 atom stereocenters. The van der Waals surface area contributed by atoms with Crippen molar-refractivity contribution in [3.8, 4) is 22.8 Å². The summed E-state index contributed by atoms with van der Waals surface area (Å²) in [5, 5.41) is 9.82. The van der Waals surface area contributed by atoms with Crippen LogP contribution in [0.2, 0.25) is 0 Å². The van der Waals surface area contributed by atoms with Gasteiger partial charge in [-0.25, -0.2) is 9.19 Å². The predicted molar refractivity (Wildman–Crippen MR) is 236 cm³/mol. The Bertz CT molecular complexity index is 2250. The molecule has 4 amide bonds. The summed E-state index contributed by atoms with van der Waals surface area (Å²) >= 11 is 0. The Morgan fingerprint density at radius 3 is 2.26 bits per heavy atom. The molecule has 0 radical (unpaired) electrons. The Hall–Kier alpha value is -5.56. The summed E-state index contributed by atoms with van der Waals surface area (Å²) in [4.78, 5) is 61.4. The molecule has 4 aromatic rings. The van der Waals surface area contributed by atoms with Crippen molar-refractivity contribution in [3.05, 3.63) is 103 Å². The molecule has 4 N–H and O–H groups in total. The van der Waals surface area contributed by atoms with Crippen LogP contribution in [0, 0.1) is 29.6 Å². The van der Waals surface area contributed by atoms with Gasteiger partial charge in [0.05, 0.1) is 35.9 Å². The highest BCUT2D eigenvalue weighted by Gasteiger charge is 2.61. The molecule has 3 unspecified atom stereocenters. The number of amides is 4. The van der Waals surface area contributed by atoms with E-state index < -0.39 is 64.1 Å². The monoisotopic (exact) mass is 847 g/mol. The maximum Gasteiger partial charge on any atom is 0.258 e. The highest BCUT2D eigenvalue weighted by Crippen LogP contribution is 2.46. The topological polar surface area (TPSA) is 165 Å². The summed E-state index contributed by atoms with van der Waals surface area (Å²) in [6, 6.07) is 25.5. The molecule has 3 saturated carbocycles. The van der Waals surface area contributed by atoms with Crippen LogP contribution in [0.5, 0.6) is 11.5 Å². The van der Waals surface area contributed by atoms with Gasteiger partial charge in [0.25, 0.3) is 5.91 Å². The number of rotatable bonds is 17. The molecule has 12 nitrogen and oxygen atoms in total. The van der Waals surface area contributed by atoms with E-state index in [-0.39, 0.29) is 36.8 Å². The molecule has 0 saturated heterocycles. The van der Waals surface area contributed by atoms with Crippen LogP contribution in [-0.2, 0) is 35.9 Å². The van der Waals surface area contributed by atoms with Crippen LogP contribution in [0.3, 0.4) is 0 Å². The predicted octanol–water partition coefficient (Wildman–Crippen LogP) is 6.56. The molecule has 13 heteroatoms. The number of carbonyl (C=O) groups excluding carboxylic acids is 4. The van der Waals surface area contributed by atoms with E-state index in [2.05, 4.69) is 27.3 Å². The van der Waals surface area contributed by atoms with Gasteiger partial charge in [0.1, 0.15) is 40.2 Å². The maximum atomic E-state index is 14.6. The molecule has 0 aliphatic heterocycles. The van der Waals surface area contributed by atoms with E-state index in [9.17, 15) is 23.4 Å². The Labute approximate surface area is 360 Å². The van der Waals surface area contributed by atoms with E-state index >= 15 is 0 Å². The van der Waals surface area contributed by atoms with Gasteiger partial charge in [-0.1, -0.05) is 99.8 Å². The molecule has 7 rings (SSSR count). The number of nitrogens with zero attached hydrogens (tertiary/aromatic N) is 1. The van der Waals surface area contributed by atoms with Crippen molar-refractivity contribution in [3.63, 3.8) is 0 Å². The first kappa shape index (κ1) is 43.5. The zero-order chi connectivity index (χ0) is 43.1. The summed E-state index contributed by atoms with van der Waals surface area (Å²) < 4.78 is 28.0. The molecule has 0 bridgehead atoms.